The van der Waals surface area contributed by atoms with Gasteiger partial charge in [0.15, 0.2) is 0 Å². The summed E-state index contributed by atoms with van der Waals surface area (Å²) in [4.78, 5) is 0. The zero-order chi connectivity index (χ0) is 6.85. The van der Waals surface area contributed by atoms with Crippen LogP contribution in [0.4, 0.5) is 0 Å². The molecule has 1 radical (unpaired) electrons. The molecule has 0 amide bonds. The van der Waals surface area contributed by atoms with Gasteiger partial charge in [-0.25, -0.2) is 0 Å². The SMILES string of the molecule is Cc1noc(C)c1[B]O. The van der Waals surface area contributed by atoms with Crippen molar-refractivity contribution in [1.29, 1.82) is 0 Å². The highest BCUT2D eigenvalue weighted by atomic mass is 16.5. The van der Waals surface area contributed by atoms with Crippen LogP contribution in [0.25, 0.3) is 0 Å². The summed E-state index contributed by atoms with van der Waals surface area (Å²) in [5.41, 5.74) is 1.39. The van der Waals surface area contributed by atoms with Crippen molar-refractivity contribution in [3.63, 3.8) is 0 Å². The highest BCUT2D eigenvalue weighted by Gasteiger charge is 2.07. The molecule has 0 fully saturated rings. The predicted octanol–water partition coefficient (Wildman–Crippen LogP) is -0.472. The molecule has 1 rings (SSSR count). The molecule has 0 bridgehead atoms. The number of hydrogen-bond acceptors (Lipinski definition) is 3. The van der Waals surface area contributed by atoms with Crippen molar-refractivity contribution in [2.24, 2.45) is 0 Å². The quantitative estimate of drug-likeness (QED) is 0.514. The highest BCUT2D eigenvalue weighted by Crippen LogP contribution is 1.94. The van der Waals surface area contributed by atoms with E-state index in [2.05, 4.69) is 5.16 Å². The number of rotatable bonds is 1. The van der Waals surface area contributed by atoms with Crippen LogP contribution in [0.5, 0.6) is 0 Å². The predicted molar refractivity (Wildman–Crippen MR) is 33.6 cm³/mol. The summed E-state index contributed by atoms with van der Waals surface area (Å²) >= 11 is 0. The maximum Gasteiger partial charge on any atom is 0.332 e. The van der Waals surface area contributed by atoms with Gasteiger partial charge in [0.2, 0.25) is 0 Å². The molecule has 0 aliphatic rings. The van der Waals surface area contributed by atoms with E-state index in [1.165, 1.54) is 0 Å². The Balaban J connectivity index is 3.07. The van der Waals surface area contributed by atoms with Crippen molar-refractivity contribution in [1.82, 2.24) is 5.16 Å². The second-order valence-corrected chi connectivity index (χ2v) is 1.87. The third kappa shape index (κ3) is 0.978. The number of aryl methyl sites for hydroxylation is 2. The molecular formula is C5H7BNO2. The first kappa shape index (κ1) is 6.36. The van der Waals surface area contributed by atoms with Gasteiger partial charge < -0.3 is 9.55 Å². The Labute approximate surface area is 53.9 Å². The molecule has 1 N–H and O–H groups in total. The lowest BCUT2D eigenvalue weighted by Gasteiger charge is -1.85. The Kier molecular flexibility index (Phi) is 1.57. The van der Waals surface area contributed by atoms with Crippen LogP contribution in [-0.2, 0) is 0 Å². The van der Waals surface area contributed by atoms with E-state index in [1.54, 1.807) is 13.8 Å². The summed E-state index contributed by atoms with van der Waals surface area (Å²) in [5.74, 6) is 0.648. The molecule has 47 valence electrons. The molecule has 0 atom stereocenters. The van der Waals surface area contributed by atoms with Crippen LogP contribution in [0.1, 0.15) is 11.5 Å². The second-order valence-electron chi connectivity index (χ2n) is 1.87. The van der Waals surface area contributed by atoms with Crippen molar-refractivity contribution in [2.45, 2.75) is 13.8 Å². The van der Waals surface area contributed by atoms with Crippen molar-refractivity contribution in [3.05, 3.63) is 11.5 Å². The Morgan fingerprint density at radius 1 is 1.56 bits per heavy atom. The molecule has 0 aromatic carbocycles. The molecule has 0 saturated carbocycles. The molecule has 0 unspecified atom stereocenters. The van der Waals surface area contributed by atoms with E-state index in [4.69, 9.17) is 9.55 Å². The van der Waals surface area contributed by atoms with E-state index >= 15 is 0 Å². The van der Waals surface area contributed by atoms with Gasteiger partial charge in [-0.1, -0.05) is 5.16 Å². The van der Waals surface area contributed by atoms with Gasteiger partial charge in [-0.2, -0.15) is 0 Å². The van der Waals surface area contributed by atoms with Crippen LogP contribution in [0.15, 0.2) is 4.52 Å². The molecule has 0 spiro atoms. The van der Waals surface area contributed by atoms with Gasteiger partial charge in [-0.3, -0.25) is 0 Å². The van der Waals surface area contributed by atoms with Crippen LogP contribution in [0.2, 0.25) is 0 Å². The van der Waals surface area contributed by atoms with Crippen molar-refractivity contribution >= 4 is 12.9 Å². The average molecular weight is 124 g/mol. The summed E-state index contributed by atoms with van der Waals surface area (Å²) in [6.07, 6.45) is 0. The van der Waals surface area contributed by atoms with Gasteiger partial charge in [0.05, 0.1) is 5.69 Å². The minimum Gasteiger partial charge on any atom is -0.450 e. The summed E-state index contributed by atoms with van der Waals surface area (Å²) in [6.45, 7) is 3.53. The van der Waals surface area contributed by atoms with E-state index in [0.29, 0.717) is 11.2 Å². The Morgan fingerprint density at radius 3 is 2.44 bits per heavy atom. The summed E-state index contributed by atoms with van der Waals surface area (Å²) < 4.78 is 4.74. The summed E-state index contributed by atoms with van der Waals surface area (Å²) in [6, 6.07) is 0. The zero-order valence-corrected chi connectivity index (χ0v) is 5.38. The summed E-state index contributed by atoms with van der Waals surface area (Å²) in [5, 5.41) is 12.2. The second kappa shape index (κ2) is 2.23. The first-order chi connectivity index (χ1) is 4.25. The standard InChI is InChI=1S/C5H7BNO2/c1-3-5(6-8)4(2)9-7-3/h8H,1-2H3. The maximum atomic E-state index is 8.56. The smallest absolute Gasteiger partial charge is 0.332 e. The monoisotopic (exact) mass is 124 g/mol. The van der Waals surface area contributed by atoms with E-state index < -0.39 is 0 Å². The van der Waals surface area contributed by atoms with E-state index in [0.717, 1.165) is 13.2 Å². The third-order valence-corrected chi connectivity index (χ3v) is 1.22. The van der Waals surface area contributed by atoms with E-state index in [1.807, 2.05) is 0 Å². The van der Waals surface area contributed by atoms with Gasteiger partial charge in [0.25, 0.3) is 0 Å². The van der Waals surface area contributed by atoms with Crippen molar-refractivity contribution in [3.8, 4) is 0 Å². The minimum absolute atomic E-state index is 0.648. The number of nitrogens with zero attached hydrogens (tertiary/aromatic N) is 1. The first-order valence-corrected chi connectivity index (χ1v) is 2.66. The Bertz CT molecular complexity index is 189. The largest absolute Gasteiger partial charge is 0.450 e. The van der Waals surface area contributed by atoms with Crippen molar-refractivity contribution < 1.29 is 9.55 Å². The van der Waals surface area contributed by atoms with Crippen LogP contribution in [-0.4, -0.2) is 17.7 Å². The lowest BCUT2D eigenvalue weighted by molar-refractivity contribution is 0.394. The zero-order valence-electron chi connectivity index (χ0n) is 5.38. The first-order valence-electron chi connectivity index (χ1n) is 2.66. The topological polar surface area (TPSA) is 46.3 Å². The molecule has 1 aromatic heterocycles. The van der Waals surface area contributed by atoms with Gasteiger partial charge >= 0.3 is 7.48 Å². The van der Waals surface area contributed by atoms with E-state index in [9.17, 15) is 0 Å². The normalized spacial score (nSPS) is 9.67. The summed E-state index contributed by atoms with van der Waals surface area (Å²) in [7, 11) is 1.00. The van der Waals surface area contributed by atoms with Crippen LogP contribution in [0, 0.1) is 13.8 Å². The van der Waals surface area contributed by atoms with Gasteiger partial charge in [-0.05, 0) is 13.8 Å². The fourth-order valence-corrected chi connectivity index (χ4v) is 0.674. The van der Waals surface area contributed by atoms with Gasteiger partial charge in [0, 0.05) is 5.46 Å². The third-order valence-electron chi connectivity index (χ3n) is 1.22. The molecule has 9 heavy (non-hydrogen) atoms. The lowest BCUT2D eigenvalue weighted by atomic mass is 9.87. The maximum absolute atomic E-state index is 8.56. The molecule has 0 saturated heterocycles. The molecule has 3 nitrogen and oxygen atoms in total. The lowest BCUT2D eigenvalue weighted by Crippen LogP contribution is -2.16. The Hall–Kier alpha value is -0.765. The average Bonchev–Trinajstić information content (AvgIpc) is 2.12. The number of hydrogen-bond donors (Lipinski definition) is 1. The van der Waals surface area contributed by atoms with E-state index in [-0.39, 0.29) is 0 Å². The molecule has 0 aliphatic heterocycles. The van der Waals surface area contributed by atoms with Crippen molar-refractivity contribution in [2.75, 3.05) is 0 Å². The highest BCUT2D eigenvalue weighted by molar-refractivity contribution is 6.46. The van der Waals surface area contributed by atoms with Crippen LogP contribution >= 0.6 is 0 Å². The minimum atomic E-state index is 0.648. The molecule has 0 aliphatic carbocycles. The van der Waals surface area contributed by atoms with Crippen LogP contribution < -0.4 is 5.46 Å². The Morgan fingerprint density at radius 2 is 2.22 bits per heavy atom. The molecule has 1 heterocycles. The molecular weight excluding hydrogens is 117 g/mol. The fourth-order valence-electron chi connectivity index (χ4n) is 0.674. The number of aromatic nitrogens is 1. The van der Waals surface area contributed by atoms with Gasteiger partial charge in [0.1, 0.15) is 5.76 Å². The molecule has 1 aromatic rings. The van der Waals surface area contributed by atoms with Gasteiger partial charge in [-0.15, -0.1) is 0 Å². The fraction of sp³-hybridized carbons (Fsp3) is 0.400. The molecule has 4 heteroatoms. The van der Waals surface area contributed by atoms with Crippen LogP contribution in [0.3, 0.4) is 0 Å².